The number of benzene rings is 3. The molecule has 54 heavy (non-hydrogen) atoms. The van der Waals surface area contributed by atoms with E-state index in [1.54, 1.807) is 10.7 Å². The number of rotatable bonds is 14. The predicted octanol–water partition coefficient (Wildman–Crippen LogP) is 6.43. The van der Waals surface area contributed by atoms with Crippen molar-refractivity contribution >= 4 is 59.6 Å². The molecule has 0 fully saturated rings. The molecule has 0 bridgehead atoms. The monoisotopic (exact) mass is 748 g/mol. The summed E-state index contributed by atoms with van der Waals surface area (Å²) >= 11 is 0. The van der Waals surface area contributed by atoms with Gasteiger partial charge in [0.2, 0.25) is 5.95 Å². The van der Waals surface area contributed by atoms with E-state index in [0.29, 0.717) is 66.6 Å². The highest BCUT2D eigenvalue weighted by molar-refractivity contribution is 6.99. The number of carbonyl (C=O) groups is 2. The molecule has 12 nitrogen and oxygen atoms in total. The molecule has 0 aliphatic carbocycles. The number of hydrogen-bond donors (Lipinski definition) is 1. The number of nitrogens with zero attached hydrogens (tertiary/aromatic N) is 5. The third-order valence-electron chi connectivity index (χ3n) is 9.59. The smallest absolute Gasteiger partial charge is 0.413 e. The van der Waals surface area contributed by atoms with Gasteiger partial charge in [0.1, 0.15) is 17.9 Å². The minimum absolute atomic E-state index is 0.103. The maximum absolute atomic E-state index is 12.5. The van der Waals surface area contributed by atoms with Crippen molar-refractivity contribution in [3.05, 3.63) is 102 Å². The molecule has 1 aliphatic rings. The van der Waals surface area contributed by atoms with Crippen molar-refractivity contribution in [3.63, 3.8) is 0 Å². The van der Waals surface area contributed by atoms with Gasteiger partial charge in [0.25, 0.3) is 8.32 Å². The van der Waals surface area contributed by atoms with Crippen LogP contribution in [0.4, 0.5) is 16.6 Å². The van der Waals surface area contributed by atoms with E-state index in [1.807, 2.05) is 36.5 Å². The fourth-order valence-corrected chi connectivity index (χ4v) is 11.6. The molecule has 2 aromatic heterocycles. The number of esters is 1. The highest BCUT2D eigenvalue weighted by Crippen LogP contribution is 2.37. The number of methoxy groups -OCH3 is 2. The van der Waals surface area contributed by atoms with Gasteiger partial charge in [0.15, 0.2) is 11.3 Å². The van der Waals surface area contributed by atoms with Gasteiger partial charge >= 0.3 is 12.1 Å². The zero-order chi connectivity index (χ0) is 38.3. The molecule has 0 atom stereocenters. The van der Waals surface area contributed by atoms with Crippen LogP contribution >= 0.6 is 0 Å². The molecule has 3 aromatic carbocycles. The van der Waals surface area contributed by atoms with Crippen LogP contribution in [0.5, 0.6) is 5.75 Å². The van der Waals surface area contributed by atoms with E-state index in [-0.39, 0.29) is 11.0 Å². The van der Waals surface area contributed by atoms with Crippen molar-refractivity contribution in [1.82, 2.24) is 19.7 Å². The third kappa shape index (κ3) is 7.87. The quantitative estimate of drug-likeness (QED) is 0.100. The summed E-state index contributed by atoms with van der Waals surface area (Å²) in [6.45, 7) is 11.3. The molecule has 0 spiro atoms. The van der Waals surface area contributed by atoms with E-state index in [0.717, 1.165) is 18.4 Å². The summed E-state index contributed by atoms with van der Waals surface area (Å²) in [5.41, 5.74) is 3.05. The first-order chi connectivity index (χ1) is 26.1. The fourth-order valence-electron chi connectivity index (χ4n) is 7.05. The van der Waals surface area contributed by atoms with Gasteiger partial charge in [0.05, 0.1) is 39.1 Å². The Morgan fingerprint density at radius 3 is 2.28 bits per heavy atom. The molecular formula is C41H48N6O6Si. The Hall–Kier alpha value is -5.53. The van der Waals surface area contributed by atoms with Crippen molar-refractivity contribution in [1.29, 1.82) is 0 Å². The molecule has 0 saturated carbocycles. The first-order valence-electron chi connectivity index (χ1n) is 18.2. The molecule has 5 aromatic rings. The van der Waals surface area contributed by atoms with Crippen LogP contribution < -0.4 is 25.3 Å². The maximum Gasteiger partial charge on any atom is 0.413 e. The normalized spacial score (nSPS) is 12.6. The Balaban J connectivity index is 1.38. The van der Waals surface area contributed by atoms with Crippen molar-refractivity contribution in [2.24, 2.45) is 0 Å². The topological polar surface area (TPSA) is 130 Å². The van der Waals surface area contributed by atoms with E-state index < -0.39 is 20.4 Å². The predicted molar refractivity (Wildman–Crippen MR) is 213 cm³/mol. The van der Waals surface area contributed by atoms with Crippen LogP contribution in [0.1, 0.15) is 62.0 Å². The SMILES string of the molecule is CCCCN(CCO[Si](c1ccccc1)(c1ccccc1)C(C)(C)C)c1nc(NC(=O)OC)nc2cn(Cc3ccc(C(=O)OC)c4c3OCC=C4)nc12. The van der Waals surface area contributed by atoms with Crippen LogP contribution in [0.3, 0.4) is 0 Å². The van der Waals surface area contributed by atoms with Crippen LogP contribution in [0.15, 0.2) is 85.1 Å². The molecule has 1 N–H and O–H groups in total. The first kappa shape index (κ1) is 38.2. The first-order valence-corrected chi connectivity index (χ1v) is 20.1. The Kier molecular flexibility index (Phi) is 11.8. The number of ether oxygens (including phenoxy) is 3. The van der Waals surface area contributed by atoms with Gasteiger partial charge in [-0.2, -0.15) is 10.1 Å². The zero-order valence-corrected chi connectivity index (χ0v) is 32.8. The fraction of sp³-hybridized carbons (Fsp3) is 0.341. The molecule has 1 amide bonds. The zero-order valence-electron chi connectivity index (χ0n) is 31.8. The maximum atomic E-state index is 12.5. The number of fused-ring (bicyclic) bond motifs is 2. The summed E-state index contributed by atoms with van der Waals surface area (Å²) in [6.07, 6.45) is 6.74. The second-order valence-electron chi connectivity index (χ2n) is 14.1. The lowest BCUT2D eigenvalue weighted by Crippen LogP contribution is -2.67. The van der Waals surface area contributed by atoms with Crippen LogP contribution in [0, 0.1) is 0 Å². The number of nitrogens with one attached hydrogen (secondary N) is 1. The number of anilines is 2. The van der Waals surface area contributed by atoms with Crippen LogP contribution in [0.2, 0.25) is 5.04 Å². The summed E-state index contributed by atoms with van der Waals surface area (Å²) in [5.74, 6) is 0.845. The lowest BCUT2D eigenvalue weighted by molar-refractivity contribution is 0.0599. The minimum Gasteiger partial charge on any atom is -0.489 e. The largest absolute Gasteiger partial charge is 0.489 e. The molecule has 0 saturated heterocycles. The summed E-state index contributed by atoms with van der Waals surface area (Å²) in [5, 5.41) is 9.89. The lowest BCUT2D eigenvalue weighted by Gasteiger charge is -2.43. The van der Waals surface area contributed by atoms with E-state index in [9.17, 15) is 9.59 Å². The van der Waals surface area contributed by atoms with Crippen LogP contribution in [-0.2, 0) is 20.4 Å². The van der Waals surface area contributed by atoms with Gasteiger partial charge < -0.3 is 23.5 Å². The van der Waals surface area contributed by atoms with Crippen LogP contribution in [-0.4, -0.2) is 80.7 Å². The van der Waals surface area contributed by atoms with Gasteiger partial charge in [-0.05, 0) is 34.0 Å². The minimum atomic E-state index is -2.80. The average Bonchev–Trinajstić information content (AvgIpc) is 3.59. The van der Waals surface area contributed by atoms with Gasteiger partial charge in [-0.3, -0.25) is 10.00 Å². The summed E-state index contributed by atoms with van der Waals surface area (Å²) < 4.78 is 25.0. The van der Waals surface area contributed by atoms with Crippen molar-refractivity contribution in [3.8, 4) is 5.75 Å². The standard InChI is InChI=1S/C41H48N6O6Si/c1-7-8-23-46(24-26-53-54(41(2,3)4,30-16-11-9-12-17-30)31-18-13-10-14-19-31)37-35-34(42-39(43-37)44-40(49)51-6)28-47(45-35)27-29-21-22-33(38(48)50-5)32-20-15-25-52-36(29)32/h9-22,28H,7-8,23-27H2,1-6H3,(H,42,44,49). The molecule has 0 radical (unpaired) electrons. The van der Waals surface area contributed by atoms with Crippen molar-refractivity contribution in [2.75, 3.05) is 50.7 Å². The molecule has 0 unspecified atom stereocenters. The van der Waals surface area contributed by atoms with E-state index in [4.69, 9.17) is 28.7 Å². The summed E-state index contributed by atoms with van der Waals surface area (Å²) in [6, 6.07) is 24.7. The van der Waals surface area contributed by atoms with E-state index in [2.05, 4.69) is 91.4 Å². The third-order valence-corrected chi connectivity index (χ3v) is 14.6. The Labute approximate surface area is 317 Å². The van der Waals surface area contributed by atoms with Crippen molar-refractivity contribution < 1.29 is 28.2 Å². The average molecular weight is 749 g/mol. The lowest BCUT2D eigenvalue weighted by atomic mass is 10.00. The highest BCUT2D eigenvalue weighted by atomic mass is 28.4. The molecule has 282 valence electrons. The van der Waals surface area contributed by atoms with Gasteiger partial charge in [-0.15, -0.1) is 0 Å². The van der Waals surface area contributed by atoms with Crippen LogP contribution in [0.25, 0.3) is 17.1 Å². The van der Waals surface area contributed by atoms with E-state index in [1.165, 1.54) is 24.6 Å². The Bertz CT molecular complexity index is 2080. The van der Waals surface area contributed by atoms with E-state index >= 15 is 0 Å². The number of hydrogen-bond acceptors (Lipinski definition) is 10. The Morgan fingerprint density at radius 1 is 0.944 bits per heavy atom. The second-order valence-corrected chi connectivity index (χ2v) is 18.4. The summed E-state index contributed by atoms with van der Waals surface area (Å²) in [4.78, 5) is 36.6. The van der Waals surface area contributed by atoms with Gasteiger partial charge in [0, 0.05) is 24.2 Å². The molecule has 1 aliphatic heterocycles. The molecule has 3 heterocycles. The van der Waals surface area contributed by atoms with Crippen molar-refractivity contribution in [2.45, 2.75) is 52.1 Å². The summed E-state index contributed by atoms with van der Waals surface area (Å²) in [7, 11) is -0.146. The molecule has 6 rings (SSSR count). The number of amides is 1. The van der Waals surface area contributed by atoms with Gasteiger partial charge in [-0.1, -0.05) is 107 Å². The second kappa shape index (κ2) is 16.6. The number of aromatic nitrogens is 4. The molecule has 13 heteroatoms. The number of unbranched alkanes of at least 4 members (excludes halogenated alkanes) is 1. The highest BCUT2D eigenvalue weighted by Gasteiger charge is 2.50. The number of carbonyl (C=O) groups excluding carboxylic acids is 2. The molecular weight excluding hydrogens is 701 g/mol. The Morgan fingerprint density at radius 2 is 1.65 bits per heavy atom. The van der Waals surface area contributed by atoms with Gasteiger partial charge in [-0.25, -0.2) is 14.6 Å².